The van der Waals surface area contributed by atoms with Crippen molar-refractivity contribution in [2.45, 2.75) is 390 Å². The molecule has 458 valence electrons. The number of carbonyl (C=O) groups is 1. The van der Waals surface area contributed by atoms with E-state index in [4.69, 9.17) is 9.47 Å². The molecule has 1 heterocycles. The number of carbonyl (C=O) groups excluding carboxylic acids is 1. The van der Waals surface area contributed by atoms with Gasteiger partial charge in [-0.1, -0.05) is 309 Å². The predicted molar refractivity (Wildman–Crippen MR) is 321 cm³/mol. The van der Waals surface area contributed by atoms with Gasteiger partial charge in [0.15, 0.2) is 6.29 Å². The average molecular weight is 1100 g/mol. The van der Waals surface area contributed by atoms with Gasteiger partial charge in [0, 0.05) is 0 Å². The summed E-state index contributed by atoms with van der Waals surface area (Å²) >= 11 is 0. The van der Waals surface area contributed by atoms with E-state index in [9.17, 15) is 40.5 Å². The van der Waals surface area contributed by atoms with E-state index in [-0.39, 0.29) is 6.42 Å². The van der Waals surface area contributed by atoms with Crippen molar-refractivity contribution >= 4 is 5.91 Å². The molecule has 11 heteroatoms. The molecule has 0 aromatic heterocycles. The van der Waals surface area contributed by atoms with Gasteiger partial charge in [-0.25, -0.2) is 0 Å². The fraction of sp³-hybridized carbons (Fsp3) is 0.955. The first-order valence-corrected chi connectivity index (χ1v) is 33.6. The van der Waals surface area contributed by atoms with Gasteiger partial charge in [-0.2, -0.15) is 0 Å². The van der Waals surface area contributed by atoms with Crippen molar-refractivity contribution < 1.29 is 50.0 Å². The normalized spacial score (nSPS) is 19.5. The molecule has 1 aliphatic heterocycles. The summed E-state index contributed by atoms with van der Waals surface area (Å²) in [7, 11) is 0. The first-order chi connectivity index (χ1) is 37.7. The van der Waals surface area contributed by atoms with Crippen LogP contribution in [0.2, 0.25) is 0 Å². The van der Waals surface area contributed by atoms with Crippen LogP contribution in [0.4, 0.5) is 0 Å². The fourth-order valence-electron chi connectivity index (χ4n) is 11.1. The number of nitrogens with one attached hydrogen (secondary N) is 1. The van der Waals surface area contributed by atoms with E-state index >= 15 is 0 Å². The molecule has 8 N–H and O–H groups in total. The Hall–Kier alpha value is -1.15. The lowest BCUT2D eigenvalue weighted by molar-refractivity contribution is -0.303. The summed E-state index contributed by atoms with van der Waals surface area (Å²) in [5.74, 6) is -0.690. The highest BCUT2D eigenvalue weighted by Gasteiger charge is 2.44. The molecule has 0 saturated carbocycles. The van der Waals surface area contributed by atoms with Crippen molar-refractivity contribution in [3.63, 3.8) is 0 Å². The Morgan fingerprint density at radius 3 is 1.09 bits per heavy atom. The van der Waals surface area contributed by atoms with Crippen LogP contribution in [0.25, 0.3) is 0 Å². The number of allylic oxidation sites excluding steroid dienone is 2. The summed E-state index contributed by atoms with van der Waals surface area (Å²) < 4.78 is 11.2. The molecule has 9 unspecified atom stereocenters. The number of ether oxygens (including phenoxy) is 2. The summed E-state index contributed by atoms with van der Waals surface area (Å²) in [5, 5.41) is 76.4. The second-order valence-electron chi connectivity index (χ2n) is 23.9. The molecule has 11 nitrogen and oxygen atoms in total. The molecule has 0 aromatic carbocycles. The minimum atomic E-state index is -1.66. The molecular weight excluding hydrogens is 967 g/mol. The standard InChI is InChI=1S/C66H129NO10/c1-3-5-7-9-11-13-15-17-19-21-23-24-25-26-27-28-29-30-31-32-33-34-35-36-38-40-42-44-46-48-50-52-54-59(70)65(75)67-57(56-76-66-64(74)63(73)62(72)60(55-68)77-66)61(71)58(69)53-51-49-47-45-43-41-39-37-22-20-18-16-14-12-10-8-6-4-2/h26-27,57-64,66,68-74H,3-25,28-56H2,1-2H3,(H,67,75)/b27-26-. The highest BCUT2D eigenvalue weighted by molar-refractivity contribution is 5.80. The minimum absolute atomic E-state index is 0.265. The van der Waals surface area contributed by atoms with Crippen molar-refractivity contribution in [1.82, 2.24) is 5.32 Å². The van der Waals surface area contributed by atoms with Gasteiger partial charge in [-0.15, -0.1) is 0 Å². The van der Waals surface area contributed by atoms with E-state index in [0.29, 0.717) is 19.3 Å². The third-order valence-electron chi connectivity index (χ3n) is 16.6. The lowest BCUT2D eigenvalue weighted by atomic mass is 9.98. The largest absolute Gasteiger partial charge is 0.394 e. The van der Waals surface area contributed by atoms with Crippen LogP contribution in [0, 0.1) is 0 Å². The van der Waals surface area contributed by atoms with Gasteiger partial charge < -0.3 is 50.5 Å². The van der Waals surface area contributed by atoms with E-state index in [2.05, 4.69) is 31.3 Å². The molecule has 1 aliphatic rings. The maximum atomic E-state index is 13.2. The van der Waals surface area contributed by atoms with Crippen LogP contribution >= 0.6 is 0 Å². The lowest BCUT2D eigenvalue weighted by Crippen LogP contribution is -2.60. The lowest BCUT2D eigenvalue weighted by Gasteiger charge is -2.40. The third kappa shape index (κ3) is 43.2. The Balaban J connectivity index is 2.18. The summed E-state index contributed by atoms with van der Waals surface area (Å²) in [6.07, 6.45) is 55.7. The average Bonchev–Trinajstić information content (AvgIpc) is 3.43. The number of unbranched alkanes of at least 4 members (excludes halogenated alkanes) is 45. The number of aliphatic hydroxyl groups is 7. The molecule has 0 aromatic rings. The van der Waals surface area contributed by atoms with Crippen LogP contribution in [0.5, 0.6) is 0 Å². The first kappa shape index (κ1) is 73.9. The monoisotopic (exact) mass is 1100 g/mol. The molecule has 1 amide bonds. The smallest absolute Gasteiger partial charge is 0.249 e. The van der Waals surface area contributed by atoms with Gasteiger partial charge in [0.1, 0.15) is 36.6 Å². The van der Waals surface area contributed by atoms with Crippen molar-refractivity contribution in [3.8, 4) is 0 Å². The number of hydrogen-bond acceptors (Lipinski definition) is 10. The summed E-state index contributed by atoms with van der Waals surface area (Å²) in [4.78, 5) is 13.2. The molecule has 0 aliphatic carbocycles. The van der Waals surface area contributed by atoms with Crippen molar-refractivity contribution in [2.24, 2.45) is 0 Å². The SMILES string of the molecule is CCCCCCCCCCCCCC/C=C\CCCCCCCCCCCCCCCCCCC(O)C(=O)NC(COC1OC(CO)C(O)C(O)C1O)C(O)C(O)CCCCCCCCCCCCCCCCCCCC. The molecule has 1 saturated heterocycles. The van der Waals surface area contributed by atoms with Crippen LogP contribution in [0.3, 0.4) is 0 Å². The molecule has 0 bridgehead atoms. The predicted octanol–water partition coefficient (Wildman–Crippen LogP) is 15.5. The molecule has 0 radical (unpaired) electrons. The van der Waals surface area contributed by atoms with Gasteiger partial charge in [0.05, 0.1) is 25.4 Å². The molecule has 0 spiro atoms. The molecule has 1 fully saturated rings. The zero-order valence-electron chi connectivity index (χ0n) is 50.5. The van der Waals surface area contributed by atoms with Crippen molar-refractivity contribution in [3.05, 3.63) is 12.2 Å². The van der Waals surface area contributed by atoms with Crippen LogP contribution in [-0.4, -0.2) is 110 Å². The second kappa shape index (κ2) is 55.4. The molecule has 77 heavy (non-hydrogen) atoms. The molecule has 9 atom stereocenters. The number of hydrogen-bond donors (Lipinski definition) is 8. The molecule has 1 rings (SSSR count). The van der Waals surface area contributed by atoms with Crippen LogP contribution < -0.4 is 5.32 Å². The summed E-state index contributed by atoms with van der Waals surface area (Å²) in [6, 6.07) is -1.17. The van der Waals surface area contributed by atoms with E-state index < -0.39 is 74.2 Å². The molecular formula is C66H129NO10. The Morgan fingerprint density at radius 1 is 0.442 bits per heavy atom. The maximum Gasteiger partial charge on any atom is 0.249 e. The topological polar surface area (TPSA) is 189 Å². The van der Waals surface area contributed by atoms with E-state index in [1.54, 1.807) is 0 Å². The second-order valence-corrected chi connectivity index (χ2v) is 23.9. The summed E-state index contributed by atoms with van der Waals surface area (Å²) in [6.45, 7) is 3.51. The van der Waals surface area contributed by atoms with Crippen molar-refractivity contribution in [1.29, 1.82) is 0 Å². The third-order valence-corrected chi connectivity index (χ3v) is 16.6. The fourth-order valence-corrected chi connectivity index (χ4v) is 11.1. The Morgan fingerprint density at radius 2 is 0.753 bits per heavy atom. The highest BCUT2D eigenvalue weighted by atomic mass is 16.7. The minimum Gasteiger partial charge on any atom is -0.394 e. The Labute approximate surface area is 474 Å². The summed E-state index contributed by atoms with van der Waals surface area (Å²) in [5.41, 5.74) is 0. The van der Waals surface area contributed by atoms with E-state index in [1.807, 2.05) is 0 Å². The van der Waals surface area contributed by atoms with Gasteiger partial charge in [-0.05, 0) is 38.5 Å². The van der Waals surface area contributed by atoms with Gasteiger partial charge >= 0.3 is 0 Å². The van der Waals surface area contributed by atoms with Gasteiger partial charge in [-0.3, -0.25) is 4.79 Å². The number of amides is 1. The van der Waals surface area contributed by atoms with Crippen LogP contribution in [0.15, 0.2) is 12.2 Å². The zero-order chi connectivity index (χ0) is 56.1. The van der Waals surface area contributed by atoms with E-state index in [1.165, 1.54) is 257 Å². The quantitative estimate of drug-likeness (QED) is 0.0215. The Bertz CT molecular complexity index is 1260. The van der Waals surface area contributed by atoms with Crippen LogP contribution in [0.1, 0.15) is 335 Å². The highest BCUT2D eigenvalue weighted by Crippen LogP contribution is 2.24. The number of aliphatic hydroxyl groups excluding tert-OH is 7. The van der Waals surface area contributed by atoms with Gasteiger partial charge in [0.25, 0.3) is 0 Å². The zero-order valence-corrected chi connectivity index (χ0v) is 50.5. The Kier molecular flexibility index (Phi) is 53.1. The van der Waals surface area contributed by atoms with Crippen LogP contribution in [-0.2, 0) is 14.3 Å². The number of rotatable bonds is 59. The van der Waals surface area contributed by atoms with E-state index in [0.717, 1.165) is 38.5 Å². The van der Waals surface area contributed by atoms with Gasteiger partial charge in [0.2, 0.25) is 5.91 Å². The first-order valence-electron chi connectivity index (χ1n) is 33.6. The van der Waals surface area contributed by atoms with Crippen molar-refractivity contribution in [2.75, 3.05) is 13.2 Å². The maximum absolute atomic E-state index is 13.2.